The molecule has 4 aromatic heterocycles. The van der Waals surface area contributed by atoms with E-state index in [1.807, 2.05) is 78.4 Å². The minimum absolute atomic E-state index is 0.692. The lowest BCUT2D eigenvalue weighted by atomic mass is 10.1. The molecule has 0 unspecified atom stereocenters. The van der Waals surface area contributed by atoms with Crippen molar-refractivity contribution < 1.29 is 4.79 Å². The molecule has 0 bridgehead atoms. The van der Waals surface area contributed by atoms with E-state index >= 15 is 0 Å². The predicted molar refractivity (Wildman–Crippen MR) is 145 cm³/mol. The number of aromatic amines is 1. The second-order valence-corrected chi connectivity index (χ2v) is 8.38. The number of pyridine rings is 2. The zero-order valence-electron chi connectivity index (χ0n) is 20.6. The molecule has 182 valence electrons. The van der Waals surface area contributed by atoms with Crippen molar-refractivity contribution >= 4 is 23.0 Å². The third-order valence-corrected chi connectivity index (χ3v) is 5.83. The summed E-state index contributed by atoms with van der Waals surface area (Å²) >= 11 is 0. The highest BCUT2D eigenvalue weighted by molar-refractivity contribution is 5.82. The molecule has 0 aliphatic carbocycles. The van der Waals surface area contributed by atoms with Gasteiger partial charge in [0, 0.05) is 73.7 Å². The Morgan fingerprint density at radius 2 is 1.72 bits per heavy atom. The minimum Gasteiger partial charge on any atom is -0.346 e. The Balaban J connectivity index is 0.000000139. The van der Waals surface area contributed by atoms with E-state index in [1.165, 1.54) is 13.1 Å². The number of fused-ring (bicyclic) bond motifs is 2. The molecule has 1 saturated heterocycles. The number of hydrogen-bond donors (Lipinski definition) is 2. The maximum absolute atomic E-state index is 10.6. The Morgan fingerprint density at radius 3 is 2.42 bits per heavy atom. The molecule has 1 fully saturated rings. The van der Waals surface area contributed by atoms with E-state index in [0.717, 1.165) is 52.7 Å². The lowest BCUT2D eigenvalue weighted by molar-refractivity contribution is 0.112. The molecular weight excluding hydrogens is 448 g/mol. The van der Waals surface area contributed by atoms with Crippen molar-refractivity contribution in [3.8, 4) is 23.0 Å². The lowest BCUT2D eigenvalue weighted by Gasteiger charge is -2.21. The number of aromatic nitrogens is 4. The molecule has 1 aliphatic heterocycles. The first-order valence-electron chi connectivity index (χ1n) is 11.9. The molecule has 0 radical (unpaired) electrons. The fraction of sp³-hybridized carbons (Fsp3) is 0.207. The summed E-state index contributed by atoms with van der Waals surface area (Å²) < 4.78 is 1.98. The first-order chi connectivity index (χ1) is 17.7. The van der Waals surface area contributed by atoms with Crippen LogP contribution in [0.15, 0.2) is 79.5 Å². The molecule has 2 N–H and O–H groups in total. The summed E-state index contributed by atoms with van der Waals surface area (Å²) in [4.78, 5) is 24.3. The molecule has 0 amide bonds. The van der Waals surface area contributed by atoms with Gasteiger partial charge in [-0.15, -0.1) is 5.92 Å². The quantitative estimate of drug-likeness (QED) is 0.293. The highest BCUT2D eigenvalue weighted by Gasteiger charge is 2.02. The predicted octanol–water partition coefficient (Wildman–Crippen LogP) is 4.27. The molecule has 7 nitrogen and oxygen atoms in total. The average molecular weight is 479 g/mol. The van der Waals surface area contributed by atoms with Crippen LogP contribution in [0.4, 0.5) is 0 Å². The molecule has 6 rings (SSSR count). The van der Waals surface area contributed by atoms with Crippen molar-refractivity contribution in [1.29, 1.82) is 0 Å². The number of aldehydes is 1. The topological polar surface area (TPSA) is 78.3 Å². The Hall–Kier alpha value is -4.25. The van der Waals surface area contributed by atoms with Crippen molar-refractivity contribution in [1.82, 2.24) is 29.6 Å². The molecule has 0 atom stereocenters. The monoisotopic (exact) mass is 478 g/mol. The van der Waals surface area contributed by atoms with Gasteiger partial charge in [0.15, 0.2) is 0 Å². The molecule has 1 aromatic carbocycles. The van der Waals surface area contributed by atoms with Crippen LogP contribution >= 0.6 is 0 Å². The summed E-state index contributed by atoms with van der Waals surface area (Å²) in [6, 6.07) is 15.4. The van der Waals surface area contributed by atoms with Gasteiger partial charge in [0.1, 0.15) is 17.6 Å². The van der Waals surface area contributed by atoms with Gasteiger partial charge in [-0.25, -0.2) is 9.97 Å². The van der Waals surface area contributed by atoms with Crippen LogP contribution in [-0.2, 0) is 0 Å². The number of likely N-dealkylation sites (N-methyl/N-ethyl adjacent to an activating group) is 1. The molecule has 7 heteroatoms. The Labute approximate surface area is 211 Å². The second kappa shape index (κ2) is 12.5. The fourth-order valence-corrected chi connectivity index (χ4v) is 3.83. The van der Waals surface area contributed by atoms with E-state index in [0.29, 0.717) is 5.56 Å². The Bertz CT molecular complexity index is 1470. The van der Waals surface area contributed by atoms with Crippen molar-refractivity contribution in [3.05, 3.63) is 90.6 Å². The van der Waals surface area contributed by atoms with Crippen molar-refractivity contribution in [3.63, 3.8) is 0 Å². The van der Waals surface area contributed by atoms with Crippen LogP contribution in [0.5, 0.6) is 0 Å². The van der Waals surface area contributed by atoms with Crippen LogP contribution in [0, 0.1) is 11.8 Å². The second-order valence-electron chi connectivity index (χ2n) is 8.38. The van der Waals surface area contributed by atoms with Gasteiger partial charge >= 0.3 is 0 Å². The smallest absolute Gasteiger partial charge is 0.150 e. The van der Waals surface area contributed by atoms with Crippen LogP contribution in [0.3, 0.4) is 0 Å². The molecule has 1 aliphatic rings. The van der Waals surface area contributed by atoms with Gasteiger partial charge in [-0.3, -0.25) is 4.79 Å². The normalized spacial score (nSPS) is 13.1. The Kier molecular flexibility index (Phi) is 8.60. The van der Waals surface area contributed by atoms with Crippen LogP contribution in [0.2, 0.25) is 0 Å². The number of H-pyrrole nitrogens is 1. The number of carbonyl (C=O) groups is 1. The first-order valence-corrected chi connectivity index (χ1v) is 11.9. The van der Waals surface area contributed by atoms with Gasteiger partial charge in [-0.2, -0.15) is 0 Å². The van der Waals surface area contributed by atoms with E-state index in [1.54, 1.807) is 12.4 Å². The number of nitrogens with zero attached hydrogens (tertiary/aromatic N) is 4. The number of piperazine rings is 1. The van der Waals surface area contributed by atoms with E-state index in [-0.39, 0.29) is 0 Å². The SMILES string of the molecule is CC#Cc1ccnc2[nH]ccc12.CN1CCNCC1.O=Cc1ccc(-c2ccc3nccn3c2)cc1. The number of nitrogens with one attached hydrogen (secondary N) is 2. The number of hydrogen-bond acceptors (Lipinski definition) is 5. The van der Waals surface area contributed by atoms with Crippen molar-refractivity contribution in [2.75, 3.05) is 33.2 Å². The summed E-state index contributed by atoms with van der Waals surface area (Å²) in [5.74, 6) is 5.90. The molecule has 36 heavy (non-hydrogen) atoms. The summed E-state index contributed by atoms with van der Waals surface area (Å²) in [6.45, 7) is 6.58. The third kappa shape index (κ3) is 6.45. The number of imidazole rings is 1. The summed E-state index contributed by atoms with van der Waals surface area (Å²) in [5.41, 5.74) is 5.74. The molecule has 5 aromatic rings. The van der Waals surface area contributed by atoms with Gasteiger partial charge in [0.2, 0.25) is 0 Å². The third-order valence-electron chi connectivity index (χ3n) is 5.83. The van der Waals surface area contributed by atoms with E-state index in [2.05, 4.69) is 44.1 Å². The van der Waals surface area contributed by atoms with Gasteiger partial charge in [-0.05, 0) is 49.4 Å². The van der Waals surface area contributed by atoms with Crippen molar-refractivity contribution in [2.45, 2.75) is 6.92 Å². The summed E-state index contributed by atoms with van der Waals surface area (Å²) in [6.07, 6.45) is 10.2. The van der Waals surface area contributed by atoms with E-state index < -0.39 is 0 Å². The number of rotatable bonds is 2. The largest absolute Gasteiger partial charge is 0.346 e. The van der Waals surface area contributed by atoms with Gasteiger partial charge in [-0.1, -0.05) is 30.2 Å². The van der Waals surface area contributed by atoms with Gasteiger partial charge < -0.3 is 19.6 Å². The number of carbonyl (C=O) groups excluding carboxylic acids is 1. The lowest BCUT2D eigenvalue weighted by Crippen LogP contribution is -2.40. The number of benzene rings is 1. The fourth-order valence-electron chi connectivity index (χ4n) is 3.83. The standard InChI is InChI=1S/C14H10N2O.C10H8N2.C5H12N2/c17-10-11-1-3-12(4-2-11)13-5-6-14-15-7-8-16(14)9-13;1-2-3-8-4-6-11-10-9(8)5-7-12-10;1-7-4-2-6-3-5-7/h1-10H;4-7H,1H3,(H,11,12);6H,2-5H2,1H3. The molecular formula is C29H30N6O. The van der Waals surface area contributed by atoms with Gasteiger partial charge in [0.25, 0.3) is 0 Å². The highest BCUT2D eigenvalue weighted by atomic mass is 16.1. The first kappa shape index (κ1) is 24.9. The zero-order valence-corrected chi connectivity index (χ0v) is 20.6. The van der Waals surface area contributed by atoms with Crippen molar-refractivity contribution in [2.24, 2.45) is 0 Å². The zero-order chi connectivity index (χ0) is 25.2. The maximum atomic E-state index is 10.6. The van der Waals surface area contributed by atoms with Crippen LogP contribution < -0.4 is 5.32 Å². The maximum Gasteiger partial charge on any atom is 0.150 e. The summed E-state index contributed by atoms with van der Waals surface area (Å²) in [7, 11) is 2.15. The van der Waals surface area contributed by atoms with Gasteiger partial charge in [0.05, 0.1) is 0 Å². The average Bonchev–Trinajstić information content (AvgIpc) is 3.60. The van der Waals surface area contributed by atoms with Crippen LogP contribution in [0.25, 0.3) is 27.8 Å². The minimum atomic E-state index is 0.692. The van der Waals surface area contributed by atoms with E-state index in [4.69, 9.17) is 0 Å². The molecule has 0 saturated carbocycles. The van der Waals surface area contributed by atoms with Crippen LogP contribution in [0.1, 0.15) is 22.8 Å². The Morgan fingerprint density at radius 1 is 0.944 bits per heavy atom. The summed E-state index contributed by atoms with van der Waals surface area (Å²) in [5, 5.41) is 4.36. The van der Waals surface area contributed by atoms with Crippen LogP contribution in [-0.4, -0.2) is 63.8 Å². The highest BCUT2D eigenvalue weighted by Crippen LogP contribution is 2.20. The van der Waals surface area contributed by atoms with E-state index in [9.17, 15) is 4.79 Å². The molecule has 5 heterocycles. The molecule has 0 spiro atoms.